The highest BCUT2D eigenvalue weighted by Crippen LogP contribution is 2.36. The van der Waals surface area contributed by atoms with Crippen LogP contribution in [-0.4, -0.2) is 5.24 Å². The molecule has 2 rings (SSSR count). The van der Waals surface area contributed by atoms with Gasteiger partial charge in [-0.3, -0.25) is 4.79 Å². The Balaban J connectivity index is 1.95. The molecule has 0 spiro atoms. The second-order valence-corrected chi connectivity index (χ2v) is 5.72. The van der Waals surface area contributed by atoms with Crippen molar-refractivity contribution in [3.8, 4) is 0 Å². The van der Waals surface area contributed by atoms with Crippen molar-refractivity contribution in [2.45, 2.75) is 51.4 Å². The second kappa shape index (κ2) is 6.38. The van der Waals surface area contributed by atoms with Gasteiger partial charge in [-0.25, -0.2) is 0 Å². The molecule has 0 unspecified atom stereocenters. The molecule has 1 fully saturated rings. The van der Waals surface area contributed by atoms with Gasteiger partial charge in [-0.15, -0.1) is 0 Å². The van der Waals surface area contributed by atoms with Crippen molar-refractivity contribution < 1.29 is 4.79 Å². The summed E-state index contributed by atoms with van der Waals surface area (Å²) < 4.78 is 0. The molecule has 1 nitrogen and oxygen atoms in total. The van der Waals surface area contributed by atoms with E-state index in [9.17, 15) is 4.79 Å². The molecule has 1 saturated carbocycles. The smallest absolute Gasteiger partial charge is 0.224 e. The van der Waals surface area contributed by atoms with E-state index in [1.165, 1.54) is 17.5 Å². The van der Waals surface area contributed by atoms with Crippen molar-refractivity contribution in [2.75, 3.05) is 0 Å². The van der Waals surface area contributed by atoms with E-state index in [1.54, 1.807) is 0 Å². The minimum atomic E-state index is -0.147. The van der Waals surface area contributed by atoms with E-state index < -0.39 is 0 Å². The molecule has 1 aromatic carbocycles. The largest absolute Gasteiger partial charge is 0.281 e. The molecular weight excluding hydrogens is 244 g/mol. The predicted molar refractivity (Wildman–Crippen MR) is 76.0 cm³/mol. The van der Waals surface area contributed by atoms with Crippen LogP contribution in [-0.2, 0) is 11.2 Å². The third-order valence-electron chi connectivity index (χ3n) is 4.04. The highest BCUT2D eigenvalue weighted by molar-refractivity contribution is 6.63. The van der Waals surface area contributed by atoms with Gasteiger partial charge in [-0.2, -0.15) is 0 Å². The van der Waals surface area contributed by atoms with Crippen LogP contribution in [0.3, 0.4) is 0 Å². The third-order valence-corrected chi connectivity index (χ3v) is 4.35. The van der Waals surface area contributed by atoms with Gasteiger partial charge in [0.1, 0.15) is 0 Å². The predicted octanol–water partition coefficient (Wildman–Crippen LogP) is 4.68. The van der Waals surface area contributed by atoms with Gasteiger partial charge in [0.15, 0.2) is 0 Å². The van der Waals surface area contributed by atoms with Gasteiger partial charge in [0.25, 0.3) is 0 Å². The first-order valence-electron chi connectivity index (χ1n) is 6.99. The molecule has 0 aliphatic heterocycles. The molecule has 1 aromatic rings. The summed E-state index contributed by atoms with van der Waals surface area (Å²) in [7, 11) is 0. The standard InChI is InChI=1S/C16H21ClO/c1-2-3-12-4-6-13(7-5-12)14-8-10-15(11-9-14)16(17)18/h4-7,14-15H,2-3,8-11H2,1H3. The number of carbonyl (C=O) groups excluding carboxylic acids is 1. The summed E-state index contributed by atoms with van der Waals surface area (Å²) in [5, 5.41) is -0.147. The van der Waals surface area contributed by atoms with Crippen LogP contribution in [0.1, 0.15) is 56.1 Å². The average Bonchev–Trinajstić information content (AvgIpc) is 2.40. The maximum atomic E-state index is 11.1. The summed E-state index contributed by atoms with van der Waals surface area (Å²) in [4.78, 5) is 11.1. The van der Waals surface area contributed by atoms with Gasteiger partial charge >= 0.3 is 0 Å². The minimum Gasteiger partial charge on any atom is -0.281 e. The highest BCUT2D eigenvalue weighted by Gasteiger charge is 2.25. The lowest BCUT2D eigenvalue weighted by molar-refractivity contribution is -0.116. The minimum absolute atomic E-state index is 0.0993. The molecule has 0 amide bonds. The molecule has 0 atom stereocenters. The lowest BCUT2D eigenvalue weighted by Crippen LogP contribution is -2.17. The van der Waals surface area contributed by atoms with E-state index in [2.05, 4.69) is 31.2 Å². The van der Waals surface area contributed by atoms with Gasteiger partial charge in [0, 0.05) is 5.92 Å². The Hall–Kier alpha value is -0.820. The summed E-state index contributed by atoms with van der Waals surface area (Å²) in [6.45, 7) is 2.21. The van der Waals surface area contributed by atoms with Gasteiger partial charge in [0.2, 0.25) is 5.24 Å². The molecule has 18 heavy (non-hydrogen) atoms. The van der Waals surface area contributed by atoms with E-state index in [0.717, 1.165) is 32.1 Å². The van der Waals surface area contributed by atoms with Crippen LogP contribution in [0, 0.1) is 5.92 Å². The molecule has 2 heteroatoms. The SMILES string of the molecule is CCCc1ccc(C2CCC(C(=O)Cl)CC2)cc1. The zero-order valence-electron chi connectivity index (χ0n) is 11.0. The van der Waals surface area contributed by atoms with Gasteiger partial charge in [-0.05, 0) is 60.7 Å². The Morgan fingerprint density at radius 1 is 1.17 bits per heavy atom. The molecule has 98 valence electrons. The number of hydrogen-bond donors (Lipinski definition) is 0. The average molecular weight is 265 g/mol. The summed E-state index contributed by atoms with van der Waals surface area (Å²) in [5.74, 6) is 0.718. The summed E-state index contributed by atoms with van der Waals surface area (Å²) in [6, 6.07) is 9.02. The zero-order chi connectivity index (χ0) is 13.0. The molecule has 1 aliphatic rings. The lowest BCUT2D eigenvalue weighted by Gasteiger charge is -2.26. The molecule has 0 aromatic heterocycles. The number of hydrogen-bond acceptors (Lipinski definition) is 1. The highest BCUT2D eigenvalue weighted by atomic mass is 35.5. The number of aryl methyl sites for hydroxylation is 1. The van der Waals surface area contributed by atoms with Gasteiger partial charge < -0.3 is 0 Å². The number of halogens is 1. The Morgan fingerprint density at radius 3 is 2.28 bits per heavy atom. The molecule has 0 heterocycles. The third kappa shape index (κ3) is 3.35. The molecule has 0 N–H and O–H groups in total. The van der Waals surface area contributed by atoms with Gasteiger partial charge in [-0.1, -0.05) is 37.6 Å². The lowest BCUT2D eigenvalue weighted by atomic mass is 9.79. The zero-order valence-corrected chi connectivity index (χ0v) is 11.7. The number of benzene rings is 1. The van der Waals surface area contributed by atoms with Crippen molar-refractivity contribution in [1.29, 1.82) is 0 Å². The fraction of sp³-hybridized carbons (Fsp3) is 0.562. The van der Waals surface area contributed by atoms with Crippen molar-refractivity contribution in [3.63, 3.8) is 0 Å². The van der Waals surface area contributed by atoms with Crippen molar-refractivity contribution in [3.05, 3.63) is 35.4 Å². The van der Waals surface area contributed by atoms with E-state index in [1.807, 2.05) is 0 Å². The Bertz CT molecular complexity index is 388. The monoisotopic (exact) mass is 264 g/mol. The Kier molecular flexibility index (Phi) is 4.82. The number of rotatable bonds is 4. The van der Waals surface area contributed by atoms with Crippen LogP contribution in [0.25, 0.3) is 0 Å². The molecular formula is C16H21ClO. The van der Waals surface area contributed by atoms with Crippen LogP contribution in [0.15, 0.2) is 24.3 Å². The van der Waals surface area contributed by atoms with Crippen LogP contribution >= 0.6 is 11.6 Å². The molecule has 0 radical (unpaired) electrons. The normalized spacial score (nSPS) is 23.9. The topological polar surface area (TPSA) is 17.1 Å². The number of carbonyl (C=O) groups is 1. The van der Waals surface area contributed by atoms with E-state index in [0.29, 0.717) is 5.92 Å². The quantitative estimate of drug-likeness (QED) is 0.722. The van der Waals surface area contributed by atoms with E-state index in [4.69, 9.17) is 11.6 Å². The van der Waals surface area contributed by atoms with Crippen molar-refractivity contribution in [1.82, 2.24) is 0 Å². The molecule has 1 aliphatic carbocycles. The molecule has 0 saturated heterocycles. The van der Waals surface area contributed by atoms with Gasteiger partial charge in [0.05, 0.1) is 0 Å². The first kappa shape index (κ1) is 13.6. The van der Waals surface area contributed by atoms with Crippen LogP contribution in [0.2, 0.25) is 0 Å². The second-order valence-electron chi connectivity index (χ2n) is 5.34. The fourth-order valence-electron chi connectivity index (χ4n) is 2.90. The maximum absolute atomic E-state index is 11.1. The van der Waals surface area contributed by atoms with Crippen molar-refractivity contribution >= 4 is 16.8 Å². The van der Waals surface area contributed by atoms with Crippen LogP contribution < -0.4 is 0 Å². The molecule has 0 bridgehead atoms. The Labute approximate surface area is 115 Å². The summed E-state index contributed by atoms with van der Waals surface area (Å²) >= 11 is 5.57. The van der Waals surface area contributed by atoms with Crippen LogP contribution in [0.5, 0.6) is 0 Å². The van der Waals surface area contributed by atoms with Crippen molar-refractivity contribution in [2.24, 2.45) is 5.92 Å². The van der Waals surface area contributed by atoms with Crippen LogP contribution in [0.4, 0.5) is 0 Å². The first-order chi connectivity index (χ1) is 8.70. The first-order valence-corrected chi connectivity index (χ1v) is 7.36. The van der Waals surface area contributed by atoms with E-state index >= 15 is 0 Å². The fourth-order valence-corrected chi connectivity index (χ4v) is 3.12. The summed E-state index contributed by atoms with van der Waals surface area (Å²) in [6.07, 6.45) is 6.44. The Morgan fingerprint density at radius 2 is 1.78 bits per heavy atom. The maximum Gasteiger partial charge on any atom is 0.224 e. The van der Waals surface area contributed by atoms with E-state index in [-0.39, 0.29) is 11.2 Å². The summed E-state index contributed by atoms with van der Waals surface area (Å²) in [5.41, 5.74) is 2.85.